The van der Waals surface area contributed by atoms with Gasteiger partial charge in [-0.25, -0.2) is 0 Å². The molecule has 1 amide bonds. The van der Waals surface area contributed by atoms with Gasteiger partial charge in [0.1, 0.15) is 5.75 Å². The van der Waals surface area contributed by atoms with Gasteiger partial charge < -0.3 is 14.7 Å². The van der Waals surface area contributed by atoms with E-state index < -0.39 is 0 Å². The summed E-state index contributed by atoms with van der Waals surface area (Å²) in [6.07, 6.45) is 1.65. The number of ether oxygens (including phenoxy) is 1. The van der Waals surface area contributed by atoms with Crippen molar-refractivity contribution in [3.8, 4) is 5.75 Å². The molecule has 0 fully saturated rings. The average molecular weight is 235 g/mol. The number of hydrogen-bond acceptors (Lipinski definition) is 3. The van der Waals surface area contributed by atoms with Gasteiger partial charge in [-0.15, -0.1) is 6.58 Å². The van der Waals surface area contributed by atoms with Gasteiger partial charge in [-0.2, -0.15) is 0 Å². The predicted molar refractivity (Wildman–Crippen MR) is 66.1 cm³/mol. The Morgan fingerprint density at radius 1 is 1.53 bits per heavy atom. The van der Waals surface area contributed by atoms with Crippen LogP contribution in [-0.2, 0) is 4.74 Å². The quantitative estimate of drug-likeness (QED) is 0.763. The Hall–Kier alpha value is -1.81. The van der Waals surface area contributed by atoms with Crippen LogP contribution in [0.1, 0.15) is 10.4 Å². The molecular weight excluding hydrogens is 218 g/mol. The molecule has 0 aliphatic heterocycles. The fourth-order valence-electron chi connectivity index (χ4n) is 1.46. The molecule has 1 rings (SSSR count). The molecule has 1 aromatic carbocycles. The molecule has 0 atom stereocenters. The van der Waals surface area contributed by atoms with Gasteiger partial charge in [0, 0.05) is 20.2 Å². The number of hydrogen-bond donors (Lipinski definition) is 1. The first-order chi connectivity index (χ1) is 8.20. The van der Waals surface area contributed by atoms with Gasteiger partial charge in [-0.3, -0.25) is 4.79 Å². The lowest BCUT2D eigenvalue weighted by atomic mass is 10.1. The maximum Gasteiger partial charge on any atom is 0.257 e. The van der Waals surface area contributed by atoms with Crippen LogP contribution in [0.4, 0.5) is 0 Å². The van der Waals surface area contributed by atoms with Crippen LogP contribution in [0.15, 0.2) is 36.9 Å². The standard InChI is InChI=1S/C13H17NO3/c1-3-8-14(9-10-17-2)13(16)11-6-4-5-7-12(11)15/h3-7,15H,1,8-10H2,2H3. The van der Waals surface area contributed by atoms with Crippen molar-refractivity contribution in [2.75, 3.05) is 26.8 Å². The van der Waals surface area contributed by atoms with Crippen LogP contribution >= 0.6 is 0 Å². The van der Waals surface area contributed by atoms with E-state index in [2.05, 4.69) is 6.58 Å². The fourth-order valence-corrected chi connectivity index (χ4v) is 1.46. The van der Waals surface area contributed by atoms with E-state index in [4.69, 9.17) is 4.74 Å². The molecule has 4 nitrogen and oxygen atoms in total. The van der Waals surface area contributed by atoms with E-state index in [1.807, 2.05) is 0 Å². The van der Waals surface area contributed by atoms with E-state index in [9.17, 15) is 9.90 Å². The molecule has 0 spiro atoms. The monoisotopic (exact) mass is 235 g/mol. The summed E-state index contributed by atoms with van der Waals surface area (Å²) < 4.78 is 4.94. The van der Waals surface area contributed by atoms with E-state index in [1.54, 1.807) is 36.3 Å². The number of benzene rings is 1. The number of aromatic hydroxyl groups is 1. The molecule has 0 radical (unpaired) electrons. The van der Waals surface area contributed by atoms with Crippen molar-refractivity contribution < 1.29 is 14.6 Å². The Morgan fingerprint density at radius 3 is 2.82 bits per heavy atom. The molecule has 0 unspecified atom stereocenters. The van der Waals surface area contributed by atoms with E-state index in [0.29, 0.717) is 25.3 Å². The number of phenolic OH excluding ortho intramolecular Hbond substituents is 1. The number of nitrogens with zero attached hydrogens (tertiary/aromatic N) is 1. The third-order valence-corrected chi connectivity index (χ3v) is 2.34. The molecule has 1 N–H and O–H groups in total. The molecule has 0 aliphatic carbocycles. The minimum atomic E-state index is -0.222. The number of carbonyl (C=O) groups is 1. The first-order valence-electron chi connectivity index (χ1n) is 5.37. The third-order valence-electron chi connectivity index (χ3n) is 2.34. The highest BCUT2D eigenvalue weighted by atomic mass is 16.5. The minimum absolute atomic E-state index is 0.0102. The summed E-state index contributed by atoms with van der Waals surface area (Å²) >= 11 is 0. The maximum atomic E-state index is 12.1. The van der Waals surface area contributed by atoms with Gasteiger partial charge in [0.2, 0.25) is 0 Å². The summed E-state index contributed by atoms with van der Waals surface area (Å²) in [6.45, 7) is 4.96. The van der Waals surface area contributed by atoms with E-state index in [0.717, 1.165) is 0 Å². The summed E-state index contributed by atoms with van der Waals surface area (Å²) in [7, 11) is 1.58. The smallest absolute Gasteiger partial charge is 0.257 e. The van der Waals surface area contributed by atoms with E-state index >= 15 is 0 Å². The molecule has 0 bridgehead atoms. The Morgan fingerprint density at radius 2 is 2.24 bits per heavy atom. The number of rotatable bonds is 6. The van der Waals surface area contributed by atoms with Crippen molar-refractivity contribution in [1.29, 1.82) is 0 Å². The summed E-state index contributed by atoms with van der Waals surface area (Å²) in [5, 5.41) is 9.62. The SMILES string of the molecule is C=CCN(CCOC)C(=O)c1ccccc1O. The lowest BCUT2D eigenvalue weighted by molar-refractivity contribution is 0.0715. The highest BCUT2D eigenvalue weighted by Crippen LogP contribution is 2.17. The predicted octanol–water partition coefficient (Wildman–Crippen LogP) is 1.67. The molecule has 0 saturated carbocycles. The third kappa shape index (κ3) is 3.60. The van der Waals surface area contributed by atoms with Gasteiger partial charge in [0.05, 0.1) is 12.2 Å². The van der Waals surface area contributed by atoms with Crippen molar-refractivity contribution in [2.24, 2.45) is 0 Å². The van der Waals surface area contributed by atoms with Crippen LogP contribution in [0.25, 0.3) is 0 Å². The van der Waals surface area contributed by atoms with Crippen molar-refractivity contribution in [1.82, 2.24) is 4.90 Å². The van der Waals surface area contributed by atoms with Gasteiger partial charge in [0.25, 0.3) is 5.91 Å². The van der Waals surface area contributed by atoms with Crippen molar-refractivity contribution >= 4 is 5.91 Å². The maximum absolute atomic E-state index is 12.1. The lowest BCUT2D eigenvalue weighted by Gasteiger charge is -2.21. The molecule has 0 heterocycles. The summed E-state index contributed by atoms with van der Waals surface area (Å²) in [5.41, 5.74) is 0.297. The molecule has 17 heavy (non-hydrogen) atoms. The van der Waals surface area contributed by atoms with Crippen LogP contribution in [0.2, 0.25) is 0 Å². The second-order valence-electron chi connectivity index (χ2n) is 3.55. The molecule has 0 saturated heterocycles. The highest BCUT2D eigenvalue weighted by Gasteiger charge is 2.16. The average Bonchev–Trinajstić information content (AvgIpc) is 2.34. The van der Waals surface area contributed by atoms with Crippen LogP contribution in [0.3, 0.4) is 0 Å². The first kappa shape index (κ1) is 13.3. The zero-order valence-electron chi connectivity index (χ0n) is 9.93. The Kier molecular flexibility index (Phi) is 5.23. The van der Waals surface area contributed by atoms with Gasteiger partial charge in [0.15, 0.2) is 0 Å². The van der Waals surface area contributed by atoms with Gasteiger partial charge in [-0.05, 0) is 12.1 Å². The summed E-state index contributed by atoms with van der Waals surface area (Å²) in [6, 6.07) is 6.49. The number of para-hydroxylation sites is 1. The fraction of sp³-hybridized carbons (Fsp3) is 0.308. The lowest BCUT2D eigenvalue weighted by Crippen LogP contribution is -2.34. The molecule has 0 aromatic heterocycles. The number of carbonyl (C=O) groups excluding carboxylic acids is 1. The summed E-state index contributed by atoms with van der Waals surface area (Å²) in [5.74, 6) is -0.232. The Labute approximate surface area is 101 Å². The molecule has 4 heteroatoms. The number of amides is 1. The Bertz CT molecular complexity index is 390. The van der Waals surface area contributed by atoms with Crippen molar-refractivity contribution in [3.05, 3.63) is 42.5 Å². The van der Waals surface area contributed by atoms with Crippen LogP contribution in [0.5, 0.6) is 5.75 Å². The van der Waals surface area contributed by atoms with Gasteiger partial charge in [-0.1, -0.05) is 18.2 Å². The second kappa shape index (κ2) is 6.70. The second-order valence-corrected chi connectivity index (χ2v) is 3.55. The largest absolute Gasteiger partial charge is 0.507 e. The summed E-state index contributed by atoms with van der Waals surface area (Å²) in [4.78, 5) is 13.7. The molecule has 1 aromatic rings. The zero-order chi connectivity index (χ0) is 12.7. The number of phenols is 1. The number of methoxy groups -OCH3 is 1. The molecule has 92 valence electrons. The van der Waals surface area contributed by atoms with Crippen LogP contribution < -0.4 is 0 Å². The van der Waals surface area contributed by atoms with E-state index in [-0.39, 0.29) is 11.7 Å². The molecule has 0 aliphatic rings. The molecular formula is C13H17NO3. The normalized spacial score (nSPS) is 9.94. The first-order valence-corrected chi connectivity index (χ1v) is 5.37. The van der Waals surface area contributed by atoms with Crippen molar-refractivity contribution in [2.45, 2.75) is 0 Å². The van der Waals surface area contributed by atoms with E-state index in [1.165, 1.54) is 6.07 Å². The van der Waals surface area contributed by atoms with Crippen molar-refractivity contribution in [3.63, 3.8) is 0 Å². The topological polar surface area (TPSA) is 49.8 Å². The van der Waals surface area contributed by atoms with Gasteiger partial charge >= 0.3 is 0 Å². The highest BCUT2D eigenvalue weighted by molar-refractivity contribution is 5.96. The van der Waals surface area contributed by atoms with Crippen LogP contribution in [0, 0.1) is 0 Å². The minimum Gasteiger partial charge on any atom is -0.507 e. The van der Waals surface area contributed by atoms with Crippen LogP contribution in [-0.4, -0.2) is 42.7 Å². The Balaban J connectivity index is 2.83. The zero-order valence-corrected chi connectivity index (χ0v) is 9.93.